The normalized spacial score (nSPS) is 21.9. The van der Waals surface area contributed by atoms with Crippen molar-refractivity contribution in [2.45, 2.75) is 248 Å². The molecule has 10 heteroatoms. The molecule has 74 heavy (non-hydrogen) atoms. The Kier molecular flexibility index (Phi) is 33.9. The lowest BCUT2D eigenvalue weighted by Crippen LogP contribution is -2.35. The summed E-state index contributed by atoms with van der Waals surface area (Å²) in [6, 6.07) is 31.0. The molecule has 5 saturated carbocycles. The van der Waals surface area contributed by atoms with Gasteiger partial charge in [0.05, 0.1) is 87.7 Å². The van der Waals surface area contributed by atoms with Crippen molar-refractivity contribution in [3.05, 3.63) is 108 Å². The van der Waals surface area contributed by atoms with E-state index in [0.717, 1.165) is 104 Å². The Morgan fingerprint density at radius 2 is 0.622 bits per heavy atom. The molecule has 0 saturated heterocycles. The van der Waals surface area contributed by atoms with Crippen LogP contribution in [0.5, 0.6) is 0 Å². The molecule has 418 valence electrons. The fourth-order valence-corrected chi connectivity index (χ4v) is 9.14. The van der Waals surface area contributed by atoms with Gasteiger partial charge < -0.3 is 38.1 Å². The topological polar surface area (TPSA) is 98.6 Å². The first-order valence-electron chi connectivity index (χ1n) is 28.5. The fraction of sp³-hybridized carbons (Fsp3) is 0.688. The van der Waals surface area contributed by atoms with Crippen LogP contribution < -0.4 is 0 Å². The Hall–Kier alpha value is -3.64. The van der Waals surface area contributed by atoms with E-state index in [0.29, 0.717) is 54.4 Å². The molecule has 0 radical (unpaired) electrons. The van der Waals surface area contributed by atoms with Crippen molar-refractivity contribution < 1.29 is 38.1 Å². The SMILES string of the molecule is C.CC(C)OC1CC(COCc2ccccc2)C1.CC(C)OC1CC(COCc2ccccc2)C1.CC(C)OC1CC(COCc2ccccc2)C1.CC(C)ON=C1CCCCC1.CC(C)ON=C1CCCCC1. The van der Waals surface area contributed by atoms with Gasteiger partial charge in [0.15, 0.2) is 0 Å². The van der Waals surface area contributed by atoms with Crippen LogP contribution >= 0.6 is 0 Å². The Labute approximate surface area is 451 Å². The van der Waals surface area contributed by atoms with E-state index < -0.39 is 0 Å². The second kappa shape index (κ2) is 38.8. The summed E-state index contributed by atoms with van der Waals surface area (Å²) in [6.07, 6.45) is 22.4. The molecule has 0 atom stereocenters. The van der Waals surface area contributed by atoms with Gasteiger partial charge in [-0.1, -0.05) is 122 Å². The van der Waals surface area contributed by atoms with Crippen molar-refractivity contribution in [1.82, 2.24) is 0 Å². The van der Waals surface area contributed by atoms with Crippen molar-refractivity contribution in [1.29, 1.82) is 0 Å². The lowest BCUT2D eigenvalue weighted by Gasteiger charge is -2.36. The zero-order valence-corrected chi connectivity index (χ0v) is 47.2. The van der Waals surface area contributed by atoms with Crippen LogP contribution in [0.2, 0.25) is 0 Å². The maximum Gasteiger partial charge on any atom is 0.122 e. The van der Waals surface area contributed by atoms with Crippen molar-refractivity contribution >= 4 is 11.4 Å². The average Bonchev–Trinajstić information content (AvgIpc) is 3.35. The lowest BCUT2D eigenvalue weighted by atomic mass is 9.83. The smallest absolute Gasteiger partial charge is 0.122 e. The van der Waals surface area contributed by atoms with Crippen LogP contribution in [0.25, 0.3) is 0 Å². The predicted octanol–water partition coefficient (Wildman–Crippen LogP) is 16.3. The minimum Gasteiger partial charge on any atom is -0.393 e. The van der Waals surface area contributed by atoms with E-state index in [1.807, 2.05) is 45.9 Å². The molecule has 8 rings (SSSR count). The van der Waals surface area contributed by atoms with Gasteiger partial charge in [0.25, 0.3) is 0 Å². The monoisotopic (exact) mass is 1030 g/mol. The highest BCUT2D eigenvalue weighted by atomic mass is 16.6. The number of benzene rings is 3. The van der Waals surface area contributed by atoms with Gasteiger partial charge in [0.2, 0.25) is 0 Å². The van der Waals surface area contributed by atoms with E-state index in [1.165, 1.54) is 66.6 Å². The lowest BCUT2D eigenvalue weighted by molar-refractivity contribution is -0.0821. The van der Waals surface area contributed by atoms with Gasteiger partial charge >= 0.3 is 0 Å². The number of nitrogens with zero attached hydrogens (tertiary/aromatic N) is 2. The van der Waals surface area contributed by atoms with Gasteiger partial charge in [-0.15, -0.1) is 0 Å². The standard InChI is InChI=1S/3C15H22O2.2C9H17NO.CH4/c3*1-12(2)17-15-8-14(9-15)11-16-10-13-6-4-3-5-7-13;2*1-8(2)11-10-9-6-4-3-5-7-9;/h3*3-7,12,14-15H,8-11H2,1-2H3;2*8H,3-7H2,1-2H3;1H4. The molecule has 5 aliphatic carbocycles. The maximum atomic E-state index is 5.73. The Balaban J connectivity index is 0.000000246. The molecular formula is C64H104N2O8. The molecule has 3 aromatic rings. The number of ether oxygens (including phenoxy) is 6. The summed E-state index contributed by atoms with van der Waals surface area (Å²) in [5, 5.41) is 8.20. The van der Waals surface area contributed by atoms with Gasteiger partial charge in [0.1, 0.15) is 12.2 Å². The van der Waals surface area contributed by atoms with Crippen molar-refractivity contribution in [2.75, 3.05) is 19.8 Å². The van der Waals surface area contributed by atoms with E-state index in [1.54, 1.807) is 0 Å². The molecule has 0 bridgehead atoms. The van der Waals surface area contributed by atoms with E-state index >= 15 is 0 Å². The molecular weight excluding hydrogens is 925 g/mol. The fourth-order valence-electron chi connectivity index (χ4n) is 9.14. The van der Waals surface area contributed by atoms with Crippen LogP contribution in [0.1, 0.15) is 196 Å². The van der Waals surface area contributed by atoms with Gasteiger partial charge in [0, 0.05) is 0 Å². The average molecular weight is 1030 g/mol. The van der Waals surface area contributed by atoms with E-state index in [-0.39, 0.29) is 19.6 Å². The van der Waals surface area contributed by atoms with Crippen molar-refractivity contribution in [3.8, 4) is 0 Å². The molecule has 10 nitrogen and oxygen atoms in total. The zero-order valence-electron chi connectivity index (χ0n) is 47.2. The minimum atomic E-state index is 0. The Morgan fingerprint density at radius 1 is 0.365 bits per heavy atom. The van der Waals surface area contributed by atoms with Gasteiger partial charge in [-0.3, -0.25) is 0 Å². The molecule has 0 spiro atoms. The van der Waals surface area contributed by atoms with E-state index in [4.69, 9.17) is 38.1 Å². The quantitative estimate of drug-likeness (QED) is 0.0918. The van der Waals surface area contributed by atoms with Gasteiger partial charge in [-0.05, 0) is 194 Å². The van der Waals surface area contributed by atoms with Crippen LogP contribution in [0.3, 0.4) is 0 Å². The van der Waals surface area contributed by atoms with Crippen molar-refractivity contribution in [3.63, 3.8) is 0 Å². The molecule has 0 aliphatic heterocycles. The molecule has 0 heterocycles. The number of oxime groups is 2. The third-order valence-electron chi connectivity index (χ3n) is 13.0. The number of rotatable bonds is 22. The number of hydrogen-bond donors (Lipinski definition) is 0. The van der Waals surface area contributed by atoms with Gasteiger partial charge in [-0.2, -0.15) is 0 Å². The van der Waals surface area contributed by atoms with E-state index in [9.17, 15) is 0 Å². The largest absolute Gasteiger partial charge is 0.393 e. The van der Waals surface area contributed by atoms with E-state index in [2.05, 4.69) is 125 Å². The summed E-state index contributed by atoms with van der Waals surface area (Å²) in [7, 11) is 0. The van der Waals surface area contributed by atoms with Crippen LogP contribution in [-0.4, -0.2) is 80.1 Å². The first-order chi connectivity index (χ1) is 35.3. The molecule has 5 aliphatic rings. The molecule has 0 N–H and O–H groups in total. The summed E-state index contributed by atoms with van der Waals surface area (Å²) in [5.41, 5.74) is 6.26. The highest BCUT2D eigenvalue weighted by Crippen LogP contribution is 2.33. The summed E-state index contributed by atoms with van der Waals surface area (Å²) < 4.78 is 34.3. The molecule has 0 unspecified atom stereocenters. The summed E-state index contributed by atoms with van der Waals surface area (Å²) in [6.45, 7) is 25.4. The summed E-state index contributed by atoms with van der Waals surface area (Å²) in [4.78, 5) is 10.3. The summed E-state index contributed by atoms with van der Waals surface area (Å²) in [5.74, 6) is 2.09. The third-order valence-corrected chi connectivity index (χ3v) is 13.0. The second-order valence-corrected chi connectivity index (χ2v) is 22.2. The molecule has 3 aromatic carbocycles. The summed E-state index contributed by atoms with van der Waals surface area (Å²) >= 11 is 0. The maximum absolute atomic E-state index is 5.73. The zero-order chi connectivity index (χ0) is 52.5. The minimum absolute atomic E-state index is 0. The first-order valence-corrected chi connectivity index (χ1v) is 28.5. The van der Waals surface area contributed by atoms with Crippen LogP contribution in [0, 0.1) is 17.8 Å². The Morgan fingerprint density at radius 3 is 0.851 bits per heavy atom. The molecule has 0 aromatic heterocycles. The third kappa shape index (κ3) is 30.8. The number of hydrogen-bond acceptors (Lipinski definition) is 10. The highest BCUT2D eigenvalue weighted by molar-refractivity contribution is 5.84. The second-order valence-electron chi connectivity index (χ2n) is 22.2. The first kappa shape index (κ1) is 64.6. The van der Waals surface area contributed by atoms with Gasteiger partial charge in [-0.25, -0.2) is 0 Å². The molecule has 0 amide bonds. The van der Waals surface area contributed by atoms with Crippen LogP contribution in [-0.2, 0) is 57.9 Å². The Bertz CT molecular complexity index is 1630. The van der Waals surface area contributed by atoms with Crippen LogP contribution in [0.15, 0.2) is 101 Å². The van der Waals surface area contributed by atoms with Crippen molar-refractivity contribution in [2.24, 2.45) is 28.1 Å². The predicted molar refractivity (Wildman–Crippen MR) is 307 cm³/mol. The highest BCUT2D eigenvalue weighted by Gasteiger charge is 2.32. The molecule has 5 fully saturated rings. The van der Waals surface area contributed by atoms with Crippen LogP contribution in [0.4, 0.5) is 0 Å².